The van der Waals surface area contributed by atoms with Crippen molar-refractivity contribution in [1.29, 1.82) is 0 Å². The molecule has 0 aliphatic heterocycles. The molecule has 0 unspecified atom stereocenters. The van der Waals surface area contributed by atoms with Crippen molar-refractivity contribution in [2.24, 2.45) is 0 Å². The first kappa shape index (κ1) is 12.2. The molecule has 1 rings (SSSR count). The fourth-order valence-electron chi connectivity index (χ4n) is 1.21. The van der Waals surface area contributed by atoms with Crippen molar-refractivity contribution in [1.82, 2.24) is 0 Å². The summed E-state index contributed by atoms with van der Waals surface area (Å²) < 4.78 is 18.1. The Morgan fingerprint density at radius 3 is 2.87 bits per heavy atom. The summed E-state index contributed by atoms with van der Waals surface area (Å²) >= 11 is 3.23. The van der Waals surface area contributed by atoms with E-state index >= 15 is 0 Å². The Morgan fingerprint density at radius 1 is 1.53 bits per heavy atom. The molecule has 15 heavy (non-hydrogen) atoms. The first-order valence-corrected chi connectivity index (χ1v) is 5.82. The number of esters is 1. The molecule has 0 aliphatic carbocycles. The molecule has 0 radical (unpaired) electrons. The fourth-order valence-corrected chi connectivity index (χ4v) is 1.64. The topological polar surface area (TPSA) is 26.3 Å². The van der Waals surface area contributed by atoms with Gasteiger partial charge in [-0.3, -0.25) is 0 Å². The zero-order valence-corrected chi connectivity index (χ0v) is 10.0. The van der Waals surface area contributed by atoms with E-state index < -0.39 is 5.97 Å². The van der Waals surface area contributed by atoms with Crippen LogP contribution in [0.15, 0.2) is 18.2 Å². The Balaban J connectivity index is 2.91. The van der Waals surface area contributed by atoms with Gasteiger partial charge in [0.1, 0.15) is 5.82 Å². The van der Waals surface area contributed by atoms with E-state index in [1.807, 2.05) is 0 Å². The molecule has 0 bridgehead atoms. The van der Waals surface area contributed by atoms with E-state index in [-0.39, 0.29) is 5.82 Å². The largest absolute Gasteiger partial charge is 0.462 e. The first-order valence-electron chi connectivity index (χ1n) is 4.70. The molecule has 0 atom stereocenters. The van der Waals surface area contributed by atoms with Crippen molar-refractivity contribution in [2.45, 2.75) is 13.3 Å². The third-order valence-corrected chi connectivity index (χ3v) is 2.32. The lowest BCUT2D eigenvalue weighted by Gasteiger charge is -2.05. The Bertz CT molecular complexity index is 352. The number of ether oxygens (including phenoxy) is 1. The van der Waals surface area contributed by atoms with Crippen molar-refractivity contribution in [3.8, 4) is 0 Å². The molecule has 0 aliphatic rings. The monoisotopic (exact) mass is 274 g/mol. The van der Waals surface area contributed by atoms with Gasteiger partial charge in [-0.15, -0.1) is 0 Å². The van der Waals surface area contributed by atoms with Crippen LogP contribution in [0.1, 0.15) is 22.8 Å². The van der Waals surface area contributed by atoms with Gasteiger partial charge in [0.15, 0.2) is 0 Å². The Morgan fingerprint density at radius 2 is 2.27 bits per heavy atom. The Labute approximate surface area is 96.6 Å². The SMILES string of the molecule is CCOC(=O)c1ccc(F)c(CCBr)c1. The van der Waals surface area contributed by atoms with Crippen LogP contribution in [0, 0.1) is 5.82 Å². The van der Waals surface area contributed by atoms with Gasteiger partial charge in [0.05, 0.1) is 12.2 Å². The molecule has 0 N–H and O–H groups in total. The second kappa shape index (κ2) is 5.85. The minimum Gasteiger partial charge on any atom is -0.462 e. The van der Waals surface area contributed by atoms with Crippen molar-refractivity contribution in [3.63, 3.8) is 0 Å². The van der Waals surface area contributed by atoms with Crippen molar-refractivity contribution >= 4 is 21.9 Å². The van der Waals surface area contributed by atoms with E-state index in [1.54, 1.807) is 6.92 Å². The molecule has 1 aromatic rings. The molecule has 0 spiro atoms. The maximum absolute atomic E-state index is 13.2. The number of hydrogen-bond donors (Lipinski definition) is 0. The molecular weight excluding hydrogens is 263 g/mol. The number of alkyl halides is 1. The second-order valence-corrected chi connectivity index (χ2v) is 3.76. The maximum atomic E-state index is 13.2. The van der Waals surface area contributed by atoms with Gasteiger partial charge in [-0.25, -0.2) is 9.18 Å². The van der Waals surface area contributed by atoms with Crippen LogP contribution < -0.4 is 0 Å². The molecule has 0 saturated heterocycles. The zero-order chi connectivity index (χ0) is 11.3. The predicted octanol–water partition coefficient (Wildman–Crippen LogP) is 2.94. The van der Waals surface area contributed by atoms with E-state index in [0.717, 1.165) is 0 Å². The van der Waals surface area contributed by atoms with Crippen molar-refractivity contribution in [2.75, 3.05) is 11.9 Å². The minimum atomic E-state index is -0.409. The summed E-state index contributed by atoms with van der Waals surface area (Å²) in [7, 11) is 0. The summed E-state index contributed by atoms with van der Waals surface area (Å²) in [5, 5.41) is 0.663. The third-order valence-electron chi connectivity index (χ3n) is 1.92. The molecule has 4 heteroatoms. The second-order valence-electron chi connectivity index (χ2n) is 2.97. The number of aryl methyl sites for hydroxylation is 1. The average molecular weight is 275 g/mol. The summed E-state index contributed by atoms with van der Waals surface area (Å²) in [5.41, 5.74) is 0.923. The number of benzene rings is 1. The van der Waals surface area contributed by atoms with Crippen LogP contribution in [-0.4, -0.2) is 17.9 Å². The molecule has 0 saturated carbocycles. The number of rotatable bonds is 4. The Kier molecular flexibility index (Phi) is 4.75. The summed E-state index contributed by atoms with van der Waals surface area (Å²) in [6.07, 6.45) is 0.555. The molecule has 1 aromatic carbocycles. The highest BCUT2D eigenvalue weighted by atomic mass is 79.9. The van der Waals surface area contributed by atoms with Gasteiger partial charge in [0, 0.05) is 5.33 Å². The molecular formula is C11H12BrFO2. The van der Waals surface area contributed by atoms with Gasteiger partial charge in [0.2, 0.25) is 0 Å². The highest BCUT2D eigenvalue weighted by Crippen LogP contribution is 2.13. The number of halogens is 2. The molecule has 0 aromatic heterocycles. The zero-order valence-electron chi connectivity index (χ0n) is 8.43. The van der Waals surface area contributed by atoms with Crippen LogP contribution in [0.5, 0.6) is 0 Å². The number of carbonyl (C=O) groups excluding carboxylic acids is 1. The maximum Gasteiger partial charge on any atom is 0.338 e. The van der Waals surface area contributed by atoms with E-state index in [4.69, 9.17) is 4.74 Å². The summed E-state index contributed by atoms with van der Waals surface area (Å²) in [4.78, 5) is 11.4. The average Bonchev–Trinajstić information content (AvgIpc) is 2.22. The van der Waals surface area contributed by atoms with Gasteiger partial charge in [0.25, 0.3) is 0 Å². The molecule has 0 fully saturated rings. The van der Waals surface area contributed by atoms with Gasteiger partial charge >= 0.3 is 5.97 Å². The highest BCUT2D eigenvalue weighted by Gasteiger charge is 2.09. The van der Waals surface area contributed by atoms with Crippen LogP contribution in [0.3, 0.4) is 0 Å². The first-order chi connectivity index (χ1) is 7.19. The van der Waals surface area contributed by atoms with Crippen LogP contribution in [0.25, 0.3) is 0 Å². The normalized spacial score (nSPS) is 10.1. The van der Waals surface area contributed by atoms with Crippen LogP contribution in [-0.2, 0) is 11.2 Å². The lowest BCUT2D eigenvalue weighted by atomic mass is 10.1. The number of hydrogen-bond acceptors (Lipinski definition) is 2. The number of carbonyl (C=O) groups is 1. The molecule has 82 valence electrons. The smallest absolute Gasteiger partial charge is 0.338 e. The van der Waals surface area contributed by atoms with E-state index in [2.05, 4.69) is 15.9 Å². The van der Waals surface area contributed by atoms with Gasteiger partial charge in [-0.2, -0.15) is 0 Å². The van der Waals surface area contributed by atoms with E-state index in [0.29, 0.717) is 29.5 Å². The van der Waals surface area contributed by atoms with Crippen LogP contribution in [0.4, 0.5) is 4.39 Å². The quantitative estimate of drug-likeness (QED) is 0.623. The highest BCUT2D eigenvalue weighted by molar-refractivity contribution is 9.09. The predicted molar refractivity (Wildman–Crippen MR) is 59.9 cm³/mol. The van der Waals surface area contributed by atoms with Gasteiger partial charge in [-0.1, -0.05) is 15.9 Å². The Hall–Kier alpha value is -0.900. The lowest BCUT2D eigenvalue weighted by Crippen LogP contribution is -2.06. The minimum absolute atomic E-state index is 0.289. The van der Waals surface area contributed by atoms with Crippen molar-refractivity contribution in [3.05, 3.63) is 35.1 Å². The van der Waals surface area contributed by atoms with E-state index in [9.17, 15) is 9.18 Å². The standard InChI is InChI=1S/C11H12BrFO2/c1-2-15-11(14)9-3-4-10(13)8(7-9)5-6-12/h3-4,7H,2,5-6H2,1H3. The molecule has 0 amide bonds. The lowest BCUT2D eigenvalue weighted by molar-refractivity contribution is 0.0526. The summed E-state index contributed by atoms with van der Waals surface area (Å²) in [6, 6.07) is 4.27. The van der Waals surface area contributed by atoms with Crippen molar-refractivity contribution < 1.29 is 13.9 Å². The van der Waals surface area contributed by atoms with Gasteiger partial charge in [-0.05, 0) is 37.1 Å². The summed E-state index contributed by atoms with van der Waals surface area (Å²) in [6.45, 7) is 2.06. The molecule has 2 nitrogen and oxygen atoms in total. The van der Waals surface area contributed by atoms with Crippen LogP contribution in [0.2, 0.25) is 0 Å². The molecule has 0 heterocycles. The van der Waals surface area contributed by atoms with Gasteiger partial charge < -0.3 is 4.74 Å². The van der Waals surface area contributed by atoms with E-state index in [1.165, 1.54) is 18.2 Å². The van der Waals surface area contributed by atoms with Crippen LogP contribution >= 0.6 is 15.9 Å². The fraction of sp³-hybridized carbons (Fsp3) is 0.364. The summed E-state index contributed by atoms with van der Waals surface area (Å²) in [5.74, 6) is -0.698. The third kappa shape index (κ3) is 3.30.